The van der Waals surface area contributed by atoms with Crippen LogP contribution in [-0.4, -0.2) is 13.0 Å². The van der Waals surface area contributed by atoms with Crippen LogP contribution in [0.4, 0.5) is 5.00 Å². The summed E-state index contributed by atoms with van der Waals surface area (Å²) in [6, 6.07) is 9.75. The van der Waals surface area contributed by atoms with Gasteiger partial charge in [-0.25, -0.2) is 0 Å². The molecule has 1 aliphatic carbocycles. The number of nitriles is 1. The van der Waals surface area contributed by atoms with Crippen molar-refractivity contribution >= 4 is 22.2 Å². The van der Waals surface area contributed by atoms with Crippen molar-refractivity contribution in [2.24, 2.45) is 0 Å². The van der Waals surface area contributed by atoms with E-state index in [1.165, 1.54) is 11.3 Å². The Balaban J connectivity index is 1.73. The standard InChI is InChI=1S/C19H20N2O2S/c1-23-14-9-7-13(8-10-14)11-18(22)21-19-16(12-20)15-5-3-2-4-6-17(15)24-19/h7-10H,2-6,11H2,1H3,(H,21,22). The molecule has 1 amide bonds. The first-order chi connectivity index (χ1) is 11.7. The Bertz CT molecular complexity index is 772. The zero-order valence-electron chi connectivity index (χ0n) is 13.7. The van der Waals surface area contributed by atoms with Gasteiger partial charge >= 0.3 is 0 Å². The zero-order valence-corrected chi connectivity index (χ0v) is 14.5. The second-order valence-electron chi connectivity index (χ2n) is 5.95. The fourth-order valence-electron chi connectivity index (χ4n) is 3.05. The first-order valence-corrected chi connectivity index (χ1v) is 9.00. The van der Waals surface area contributed by atoms with Crippen LogP contribution < -0.4 is 10.1 Å². The Morgan fingerprint density at radius 2 is 2.00 bits per heavy atom. The molecule has 0 saturated carbocycles. The van der Waals surface area contributed by atoms with Crippen LogP contribution >= 0.6 is 11.3 Å². The molecule has 0 unspecified atom stereocenters. The summed E-state index contributed by atoms with van der Waals surface area (Å²) < 4.78 is 5.12. The summed E-state index contributed by atoms with van der Waals surface area (Å²) in [6.45, 7) is 0. The van der Waals surface area contributed by atoms with E-state index in [1.54, 1.807) is 18.4 Å². The maximum absolute atomic E-state index is 12.3. The minimum absolute atomic E-state index is 0.0897. The number of fused-ring (bicyclic) bond motifs is 1. The van der Waals surface area contributed by atoms with E-state index in [0.717, 1.165) is 42.6 Å². The maximum Gasteiger partial charge on any atom is 0.229 e. The van der Waals surface area contributed by atoms with E-state index in [1.807, 2.05) is 24.3 Å². The molecule has 4 nitrogen and oxygen atoms in total. The number of nitrogens with one attached hydrogen (secondary N) is 1. The normalized spacial score (nSPS) is 13.5. The summed E-state index contributed by atoms with van der Waals surface area (Å²) in [6.07, 6.45) is 5.75. The molecule has 1 N–H and O–H groups in total. The van der Waals surface area contributed by atoms with Crippen molar-refractivity contribution in [3.8, 4) is 11.8 Å². The predicted octanol–water partition coefficient (Wildman–Crippen LogP) is 4.08. The highest BCUT2D eigenvalue weighted by Crippen LogP contribution is 2.37. The number of hydrogen-bond acceptors (Lipinski definition) is 4. The molecule has 0 aliphatic heterocycles. The lowest BCUT2D eigenvalue weighted by molar-refractivity contribution is -0.115. The fraction of sp³-hybridized carbons (Fsp3) is 0.368. The molecular weight excluding hydrogens is 320 g/mol. The smallest absolute Gasteiger partial charge is 0.229 e. The average Bonchev–Trinajstić information content (AvgIpc) is 2.75. The molecule has 1 aromatic carbocycles. The number of ether oxygens (including phenoxy) is 1. The molecule has 1 aliphatic rings. The number of carbonyl (C=O) groups is 1. The number of methoxy groups -OCH3 is 1. The Hall–Kier alpha value is -2.32. The molecule has 5 heteroatoms. The topological polar surface area (TPSA) is 62.1 Å². The highest BCUT2D eigenvalue weighted by atomic mass is 32.1. The van der Waals surface area contributed by atoms with Gasteiger partial charge in [-0.05, 0) is 48.9 Å². The Labute approximate surface area is 146 Å². The van der Waals surface area contributed by atoms with Gasteiger partial charge < -0.3 is 10.1 Å². The number of rotatable bonds is 4. The molecule has 124 valence electrons. The molecule has 0 spiro atoms. The molecule has 3 rings (SSSR count). The second kappa shape index (κ2) is 7.50. The third-order valence-electron chi connectivity index (χ3n) is 4.31. The lowest BCUT2D eigenvalue weighted by atomic mass is 10.1. The third-order valence-corrected chi connectivity index (χ3v) is 5.52. The van der Waals surface area contributed by atoms with E-state index in [-0.39, 0.29) is 12.3 Å². The van der Waals surface area contributed by atoms with E-state index in [0.29, 0.717) is 10.6 Å². The van der Waals surface area contributed by atoms with Crippen LogP contribution in [0.3, 0.4) is 0 Å². The van der Waals surface area contributed by atoms with E-state index in [4.69, 9.17) is 4.74 Å². The van der Waals surface area contributed by atoms with E-state index in [9.17, 15) is 10.1 Å². The summed E-state index contributed by atoms with van der Waals surface area (Å²) in [5, 5.41) is 13.2. The van der Waals surface area contributed by atoms with Crippen molar-refractivity contribution in [2.75, 3.05) is 12.4 Å². The average molecular weight is 340 g/mol. The largest absolute Gasteiger partial charge is 0.497 e. The molecule has 0 radical (unpaired) electrons. The molecule has 1 heterocycles. The maximum atomic E-state index is 12.3. The number of aryl methyl sites for hydroxylation is 1. The van der Waals surface area contributed by atoms with Crippen molar-refractivity contribution in [3.63, 3.8) is 0 Å². The van der Waals surface area contributed by atoms with Crippen molar-refractivity contribution in [2.45, 2.75) is 38.5 Å². The molecule has 24 heavy (non-hydrogen) atoms. The van der Waals surface area contributed by atoms with Crippen LogP contribution in [0.25, 0.3) is 0 Å². The number of thiophene rings is 1. The first-order valence-electron chi connectivity index (χ1n) is 8.18. The Kier molecular flexibility index (Phi) is 5.17. The van der Waals surface area contributed by atoms with Crippen LogP contribution in [0.5, 0.6) is 5.75 Å². The van der Waals surface area contributed by atoms with Crippen molar-refractivity contribution in [3.05, 3.63) is 45.8 Å². The van der Waals surface area contributed by atoms with Crippen molar-refractivity contribution in [1.29, 1.82) is 5.26 Å². The van der Waals surface area contributed by atoms with Crippen molar-refractivity contribution in [1.82, 2.24) is 0 Å². The summed E-state index contributed by atoms with van der Waals surface area (Å²) >= 11 is 1.57. The van der Waals surface area contributed by atoms with Gasteiger partial charge in [-0.2, -0.15) is 5.26 Å². The van der Waals surface area contributed by atoms with E-state index >= 15 is 0 Å². The highest BCUT2D eigenvalue weighted by molar-refractivity contribution is 7.16. The SMILES string of the molecule is COc1ccc(CC(=O)Nc2sc3c(c2C#N)CCCCC3)cc1. The van der Waals surface area contributed by atoms with Gasteiger partial charge in [0.1, 0.15) is 16.8 Å². The van der Waals surface area contributed by atoms with Gasteiger partial charge in [0.05, 0.1) is 19.1 Å². The van der Waals surface area contributed by atoms with Gasteiger partial charge in [-0.3, -0.25) is 4.79 Å². The van der Waals surface area contributed by atoms with E-state index in [2.05, 4.69) is 11.4 Å². The number of amides is 1. The van der Waals surface area contributed by atoms with Crippen LogP contribution in [0.2, 0.25) is 0 Å². The van der Waals surface area contributed by atoms with Gasteiger partial charge in [0.15, 0.2) is 0 Å². The van der Waals surface area contributed by atoms with Gasteiger partial charge in [0, 0.05) is 4.88 Å². The van der Waals surface area contributed by atoms with Crippen LogP contribution in [0, 0.1) is 11.3 Å². The minimum atomic E-state index is -0.0897. The Morgan fingerprint density at radius 3 is 2.71 bits per heavy atom. The summed E-state index contributed by atoms with van der Waals surface area (Å²) in [5.41, 5.74) is 2.74. The summed E-state index contributed by atoms with van der Waals surface area (Å²) in [5.74, 6) is 0.681. The predicted molar refractivity (Wildman–Crippen MR) is 95.6 cm³/mol. The molecule has 0 fully saturated rings. The lowest BCUT2D eigenvalue weighted by Crippen LogP contribution is -2.14. The molecule has 2 aromatic rings. The fourth-order valence-corrected chi connectivity index (χ4v) is 4.30. The third kappa shape index (κ3) is 3.60. The number of hydrogen-bond donors (Lipinski definition) is 1. The van der Waals surface area contributed by atoms with Gasteiger partial charge in [-0.15, -0.1) is 11.3 Å². The lowest BCUT2D eigenvalue weighted by Gasteiger charge is -2.05. The number of nitrogens with zero attached hydrogens (tertiary/aromatic N) is 1. The van der Waals surface area contributed by atoms with Crippen LogP contribution in [0.1, 0.15) is 40.8 Å². The number of anilines is 1. The quantitative estimate of drug-likeness (QED) is 0.853. The summed E-state index contributed by atoms with van der Waals surface area (Å²) in [7, 11) is 1.62. The van der Waals surface area contributed by atoms with Crippen LogP contribution in [0.15, 0.2) is 24.3 Å². The molecule has 0 bridgehead atoms. The number of carbonyl (C=O) groups excluding carboxylic acids is 1. The molecule has 0 atom stereocenters. The minimum Gasteiger partial charge on any atom is -0.497 e. The van der Waals surface area contributed by atoms with Crippen molar-refractivity contribution < 1.29 is 9.53 Å². The number of benzene rings is 1. The van der Waals surface area contributed by atoms with E-state index < -0.39 is 0 Å². The van der Waals surface area contributed by atoms with Gasteiger partial charge in [0.25, 0.3) is 0 Å². The molecular formula is C19H20N2O2S. The second-order valence-corrected chi connectivity index (χ2v) is 7.06. The summed E-state index contributed by atoms with van der Waals surface area (Å²) in [4.78, 5) is 13.6. The first kappa shape index (κ1) is 16.5. The van der Waals surface area contributed by atoms with Gasteiger partial charge in [-0.1, -0.05) is 18.6 Å². The monoisotopic (exact) mass is 340 g/mol. The van der Waals surface area contributed by atoms with Crippen LogP contribution in [-0.2, 0) is 24.1 Å². The highest BCUT2D eigenvalue weighted by Gasteiger charge is 2.20. The van der Waals surface area contributed by atoms with Gasteiger partial charge in [0.2, 0.25) is 5.91 Å². The molecule has 1 aromatic heterocycles. The Morgan fingerprint density at radius 1 is 1.25 bits per heavy atom. The zero-order chi connectivity index (χ0) is 16.9. The molecule has 0 saturated heterocycles.